The predicted molar refractivity (Wildman–Crippen MR) is 103 cm³/mol. The topological polar surface area (TPSA) is 17.0 Å². The highest BCUT2D eigenvalue weighted by Crippen LogP contribution is 2.30. The van der Waals surface area contributed by atoms with Crippen molar-refractivity contribution < 1.29 is 4.39 Å². The van der Waals surface area contributed by atoms with Crippen LogP contribution in [0.5, 0.6) is 0 Å². The van der Waals surface area contributed by atoms with Crippen LogP contribution in [-0.2, 0) is 6.42 Å². The van der Waals surface area contributed by atoms with Gasteiger partial charge >= 0.3 is 0 Å². The summed E-state index contributed by atoms with van der Waals surface area (Å²) in [5.41, 5.74) is 3.39. The van der Waals surface area contributed by atoms with E-state index in [9.17, 15) is 4.39 Å². The minimum absolute atomic E-state index is 0. The summed E-state index contributed by atoms with van der Waals surface area (Å²) < 4.78 is 15.3. The smallest absolute Gasteiger partial charge is 0.123 e. The zero-order valence-electron chi connectivity index (χ0n) is 13.1. The lowest BCUT2D eigenvalue weighted by Gasteiger charge is -2.06. The van der Waals surface area contributed by atoms with Gasteiger partial charge in [-0.3, -0.25) is 0 Å². The fraction of sp³-hybridized carbons (Fsp3) is 0.263. The van der Waals surface area contributed by atoms with Crippen molar-refractivity contribution in [1.29, 1.82) is 0 Å². The molecule has 2 heterocycles. The maximum Gasteiger partial charge on any atom is 0.123 e. The molecule has 1 N–H and O–H groups in total. The Morgan fingerprint density at radius 1 is 1.17 bits per heavy atom. The normalized spacial score (nSPS) is 17.2. The van der Waals surface area contributed by atoms with Gasteiger partial charge in [-0.2, -0.15) is 0 Å². The van der Waals surface area contributed by atoms with Gasteiger partial charge < -0.3 is 9.88 Å². The number of halogens is 3. The lowest BCUT2D eigenvalue weighted by Crippen LogP contribution is -2.10. The predicted octanol–water partition coefficient (Wildman–Crippen LogP) is 5.15. The van der Waals surface area contributed by atoms with Crippen molar-refractivity contribution >= 4 is 39.5 Å². The van der Waals surface area contributed by atoms with Crippen molar-refractivity contribution in [2.24, 2.45) is 5.92 Å². The van der Waals surface area contributed by atoms with E-state index in [-0.39, 0.29) is 22.8 Å². The summed E-state index contributed by atoms with van der Waals surface area (Å²) in [6, 6.07) is 12.6. The summed E-state index contributed by atoms with van der Waals surface area (Å²) in [5, 5.41) is 5.36. The Balaban J connectivity index is 0.00000169. The molecule has 1 aliphatic heterocycles. The molecular formula is C19H19BrClFN2. The molecule has 1 fully saturated rings. The van der Waals surface area contributed by atoms with Gasteiger partial charge in [0.1, 0.15) is 5.82 Å². The molecule has 5 heteroatoms. The number of hydrogen-bond acceptors (Lipinski definition) is 1. The molecule has 0 spiro atoms. The lowest BCUT2D eigenvalue weighted by molar-refractivity contribution is 0.582. The number of benzene rings is 2. The van der Waals surface area contributed by atoms with Crippen LogP contribution in [-0.4, -0.2) is 17.7 Å². The average molecular weight is 410 g/mol. The highest BCUT2D eigenvalue weighted by atomic mass is 79.9. The Morgan fingerprint density at radius 3 is 2.67 bits per heavy atom. The van der Waals surface area contributed by atoms with E-state index in [0.717, 1.165) is 35.7 Å². The minimum atomic E-state index is -0.217. The van der Waals surface area contributed by atoms with Crippen molar-refractivity contribution in [1.82, 2.24) is 9.88 Å². The van der Waals surface area contributed by atoms with Crippen LogP contribution >= 0.6 is 28.6 Å². The van der Waals surface area contributed by atoms with Crippen LogP contribution < -0.4 is 5.32 Å². The van der Waals surface area contributed by atoms with Crippen LogP contribution in [0, 0.1) is 11.7 Å². The number of aromatic nitrogens is 1. The molecule has 0 radical (unpaired) electrons. The fourth-order valence-electron chi connectivity index (χ4n) is 3.45. The molecule has 0 bridgehead atoms. The van der Waals surface area contributed by atoms with E-state index in [4.69, 9.17) is 11.6 Å². The van der Waals surface area contributed by atoms with Gasteiger partial charge in [-0.05, 0) is 79.9 Å². The van der Waals surface area contributed by atoms with Gasteiger partial charge in [-0.25, -0.2) is 4.39 Å². The van der Waals surface area contributed by atoms with Crippen LogP contribution in [0.3, 0.4) is 0 Å². The number of rotatable bonds is 3. The molecule has 0 saturated carbocycles. The second-order valence-corrected chi connectivity index (χ2v) is 6.66. The third-order valence-corrected chi connectivity index (χ3v) is 4.86. The van der Waals surface area contributed by atoms with Gasteiger partial charge in [0, 0.05) is 22.3 Å². The maximum atomic E-state index is 13.2. The van der Waals surface area contributed by atoms with Crippen LogP contribution in [0.1, 0.15) is 12.0 Å². The molecule has 0 aliphatic carbocycles. The van der Waals surface area contributed by atoms with Crippen LogP contribution in [0.25, 0.3) is 16.6 Å². The molecule has 24 heavy (non-hydrogen) atoms. The first-order valence-electron chi connectivity index (χ1n) is 7.97. The van der Waals surface area contributed by atoms with Crippen molar-refractivity contribution in [2.45, 2.75) is 12.8 Å². The van der Waals surface area contributed by atoms with E-state index in [1.165, 1.54) is 29.5 Å². The first-order chi connectivity index (χ1) is 11.2. The molecule has 4 rings (SSSR count). The second kappa shape index (κ2) is 7.26. The summed E-state index contributed by atoms with van der Waals surface area (Å²) in [6.45, 7) is 2.17. The highest BCUT2D eigenvalue weighted by Gasteiger charge is 2.18. The molecule has 126 valence electrons. The van der Waals surface area contributed by atoms with Gasteiger partial charge in [0.15, 0.2) is 0 Å². The third kappa shape index (κ3) is 3.37. The fourth-order valence-corrected chi connectivity index (χ4v) is 3.62. The van der Waals surface area contributed by atoms with E-state index in [1.54, 1.807) is 0 Å². The average Bonchev–Trinajstić information content (AvgIpc) is 3.17. The minimum Gasteiger partial charge on any atom is -0.316 e. The van der Waals surface area contributed by atoms with E-state index in [1.807, 2.05) is 30.3 Å². The van der Waals surface area contributed by atoms with E-state index in [2.05, 4.69) is 16.1 Å². The zero-order chi connectivity index (χ0) is 15.8. The summed E-state index contributed by atoms with van der Waals surface area (Å²) >= 11 is 6.21. The van der Waals surface area contributed by atoms with Crippen molar-refractivity contribution in [2.75, 3.05) is 13.1 Å². The van der Waals surface area contributed by atoms with Crippen LogP contribution in [0.2, 0.25) is 5.02 Å². The van der Waals surface area contributed by atoms with Crippen molar-refractivity contribution in [3.63, 3.8) is 0 Å². The Labute approximate surface area is 156 Å². The quantitative estimate of drug-likeness (QED) is 0.633. The van der Waals surface area contributed by atoms with Gasteiger partial charge in [0.05, 0.1) is 5.52 Å². The molecule has 3 aromatic rings. The van der Waals surface area contributed by atoms with Crippen LogP contribution in [0.4, 0.5) is 4.39 Å². The first-order valence-corrected chi connectivity index (χ1v) is 8.34. The molecule has 2 aromatic carbocycles. The zero-order valence-corrected chi connectivity index (χ0v) is 15.6. The molecule has 1 aromatic heterocycles. The van der Waals surface area contributed by atoms with Crippen molar-refractivity contribution in [3.8, 4) is 5.69 Å². The molecule has 0 amide bonds. The molecule has 1 saturated heterocycles. The molecule has 1 atom stereocenters. The van der Waals surface area contributed by atoms with Gasteiger partial charge in [0.2, 0.25) is 0 Å². The van der Waals surface area contributed by atoms with E-state index >= 15 is 0 Å². The summed E-state index contributed by atoms with van der Waals surface area (Å²) in [4.78, 5) is 0. The number of fused-ring (bicyclic) bond motifs is 1. The Morgan fingerprint density at radius 2 is 1.96 bits per heavy atom. The standard InChI is InChI=1S/C19H18ClFN2.BrH/c20-15-1-6-19-18(10-15)14(9-13-7-8-22-11-13)12-23(19)17-4-2-16(21)3-5-17;/h1-6,10,12-13,22H,7-9,11H2;1H. The molecular weight excluding hydrogens is 391 g/mol. The lowest BCUT2D eigenvalue weighted by atomic mass is 9.98. The first kappa shape index (κ1) is 17.5. The van der Waals surface area contributed by atoms with Crippen molar-refractivity contribution in [3.05, 3.63) is 65.1 Å². The largest absolute Gasteiger partial charge is 0.316 e. The molecule has 1 unspecified atom stereocenters. The number of nitrogens with one attached hydrogen (secondary N) is 1. The monoisotopic (exact) mass is 408 g/mol. The summed E-state index contributed by atoms with van der Waals surface area (Å²) in [5.74, 6) is 0.451. The SMILES string of the molecule is Br.Fc1ccc(-n2cc(CC3CCNC3)c3cc(Cl)ccc32)cc1. The Hall–Kier alpha value is -1.36. The van der Waals surface area contributed by atoms with E-state index < -0.39 is 0 Å². The van der Waals surface area contributed by atoms with Crippen LogP contribution in [0.15, 0.2) is 48.7 Å². The molecule has 1 aliphatic rings. The van der Waals surface area contributed by atoms with Gasteiger partial charge in [0.25, 0.3) is 0 Å². The highest BCUT2D eigenvalue weighted by molar-refractivity contribution is 8.93. The van der Waals surface area contributed by atoms with Gasteiger partial charge in [-0.1, -0.05) is 11.6 Å². The van der Waals surface area contributed by atoms with E-state index in [0.29, 0.717) is 5.92 Å². The third-order valence-electron chi connectivity index (χ3n) is 4.62. The maximum absolute atomic E-state index is 13.2. The number of hydrogen-bond donors (Lipinski definition) is 1. The number of nitrogens with zero attached hydrogens (tertiary/aromatic N) is 1. The summed E-state index contributed by atoms with van der Waals surface area (Å²) in [7, 11) is 0. The second-order valence-electron chi connectivity index (χ2n) is 6.23. The summed E-state index contributed by atoms with van der Waals surface area (Å²) in [6.07, 6.45) is 4.42. The van der Waals surface area contributed by atoms with Gasteiger partial charge in [-0.15, -0.1) is 17.0 Å². The Bertz CT molecular complexity index is 838. The Kier molecular flexibility index (Phi) is 5.28. The molecule has 2 nitrogen and oxygen atoms in total.